The zero-order chi connectivity index (χ0) is 32.7. The van der Waals surface area contributed by atoms with Gasteiger partial charge in [-0.3, -0.25) is 4.40 Å². The van der Waals surface area contributed by atoms with Crippen LogP contribution in [0.4, 0.5) is 0 Å². The first-order valence-corrected chi connectivity index (χ1v) is 17.0. The van der Waals surface area contributed by atoms with E-state index in [9.17, 15) is 0 Å². The smallest absolute Gasteiger partial charge is 0.137 e. The van der Waals surface area contributed by atoms with Crippen molar-refractivity contribution in [3.8, 4) is 50.5 Å². The number of pyridine rings is 1. The van der Waals surface area contributed by atoms with Gasteiger partial charge in [-0.2, -0.15) is 0 Å². The van der Waals surface area contributed by atoms with E-state index in [1.807, 2.05) is 6.07 Å². The van der Waals surface area contributed by atoms with E-state index in [0.29, 0.717) is 0 Å². The highest BCUT2D eigenvalue weighted by molar-refractivity contribution is 6.09. The van der Waals surface area contributed by atoms with Crippen molar-refractivity contribution in [2.24, 2.45) is 0 Å². The fourth-order valence-corrected chi connectivity index (χ4v) is 8.13. The van der Waals surface area contributed by atoms with Crippen LogP contribution >= 0.6 is 0 Å². The van der Waals surface area contributed by atoms with Gasteiger partial charge in [0.15, 0.2) is 0 Å². The third kappa shape index (κ3) is 4.12. The Labute approximate surface area is 285 Å². The minimum absolute atomic E-state index is 0.142. The molecule has 6 aromatic carbocycles. The molecule has 232 valence electrons. The highest BCUT2D eigenvalue weighted by atomic mass is 15.0. The third-order valence-electron chi connectivity index (χ3n) is 10.6. The second kappa shape index (κ2) is 10.4. The summed E-state index contributed by atoms with van der Waals surface area (Å²) in [6.45, 7) is 4.74. The quantitative estimate of drug-likeness (QED) is 0.190. The Morgan fingerprint density at radius 2 is 1.08 bits per heavy atom. The predicted molar refractivity (Wildman–Crippen MR) is 203 cm³/mol. The van der Waals surface area contributed by atoms with Crippen LogP contribution in [0.5, 0.6) is 0 Å². The van der Waals surface area contributed by atoms with Gasteiger partial charge in [0.1, 0.15) is 5.65 Å². The van der Waals surface area contributed by atoms with Gasteiger partial charge in [-0.15, -0.1) is 0 Å². The summed E-state index contributed by atoms with van der Waals surface area (Å²) < 4.78 is 4.62. The van der Waals surface area contributed by atoms with Crippen molar-refractivity contribution >= 4 is 27.5 Å². The molecule has 0 saturated carbocycles. The largest absolute Gasteiger partial charge is 0.309 e. The maximum absolute atomic E-state index is 5.03. The van der Waals surface area contributed by atoms with E-state index in [0.717, 1.165) is 28.2 Å². The summed E-state index contributed by atoms with van der Waals surface area (Å²) in [5, 5.41) is 2.57. The summed E-state index contributed by atoms with van der Waals surface area (Å²) in [5.74, 6) is 0. The van der Waals surface area contributed by atoms with Crippen molar-refractivity contribution in [3.63, 3.8) is 0 Å². The van der Waals surface area contributed by atoms with Crippen LogP contribution in [0.15, 0.2) is 164 Å². The fourth-order valence-electron chi connectivity index (χ4n) is 8.13. The normalized spacial score (nSPS) is 13.3. The van der Waals surface area contributed by atoms with Crippen LogP contribution in [-0.2, 0) is 5.41 Å². The van der Waals surface area contributed by atoms with Gasteiger partial charge < -0.3 is 4.57 Å². The predicted octanol–water partition coefficient (Wildman–Crippen LogP) is 11.7. The average molecular weight is 628 g/mol. The van der Waals surface area contributed by atoms with Gasteiger partial charge in [-0.05, 0) is 75.8 Å². The number of rotatable bonds is 4. The lowest BCUT2D eigenvalue weighted by Crippen LogP contribution is -2.15. The van der Waals surface area contributed by atoms with Crippen molar-refractivity contribution in [2.75, 3.05) is 0 Å². The molecule has 0 aliphatic heterocycles. The topological polar surface area (TPSA) is 22.2 Å². The number of aromatic nitrogens is 3. The third-order valence-corrected chi connectivity index (χ3v) is 10.6. The van der Waals surface area contributed by atoms with Crippen LogP contribution in [0.25, 0.3) is 77.9 Å². The molecule has 3 heteroatoms. The van der Waals surface area contributed by atoms with Crippen LogP contribution in [0.1, 0.15) is 25.0 Å². The molecule has 0 spiro atoms. The van der Waals surface area contributed by atoms with Gasteiger partial charge >= 0.3 is 0 Å². The minimum Gasteiger partial charge on any atom is -0.309 e. The van der Waals surface area contributed by atoms with Crippen molar-refractivity contribution in [2.45, 2.75) is 19.3 Å². The monoisotopic (exact) mass is 627 g/mol. The second-order valence-corrected chi connectivity index (χ2v) is 13.7. The number of hydrogen-bond acceptors (Lipinski definition) is 1. The number of benzene rings is 6. The summed E-state index contributed by atoms with van der Waals surface area (Å²) in [4.78, 5) is 5.03. The van der Waals surface area contributed by atoms with Crippen LogP contribution in [0.3, 0.4) is 0 Å². The highest BCUT2D eigenvalue weighted by Gasteiger charge is 2.36. The minimum atomic E-state index is -0.142. The molecule has 1 aliphatic carbocycles. The van der Waals surface area contributed by atoms with E-state index in [-0.39, 0.29) is 5.41 Å². The van der Waals surface area contributed by atoms with Gasteiger partial charge in [-0.25, -0.2) is 4.98 Å². The van der Waals surface area contributed by atoms with Crippen molar-refractivity contribution < 1.29 is 0 Å². The molecule has 49 heavy (non-hydrogen) atoms. The maximum Gasteiger partial charge on any atom is 0.137 e. The molecule has 0 saturated heterocycles. The zero-order valence-corrected chi connectivity index (χ0v) is 27.4. The van der Waals surface area contributed by atoms with Gasteiger partial charge in [0.25, 0.3) is 0 Å². The lowest BCUT2D eigenvalue weighted by Gasteiger charge is -2.23. The van der Waals surface area contributed by atoms with E-state index in [1.54, 1.807) is 0 Å². The molecule has 1 aliphatic rings. The highest BCUT2D eigenvalue weighted by Crippen LogP contribution is 2.50. The fraction of sp³-hybridized carbons (Fsp3) is 0.0652. The van der Waals surface area contributed by atoms with E-state index in [1.165, 1.54) is 60.9 Å². The van der Waals surface area contributed by atoms with Crippen molar-refractivity contribution in [1.29, 1.82) is 0 Å². The number of hydrogen-bond donors (Lipinski definition) is 0. The number of imidazole rings is 1. The summed E-state index contributed by atoms with van der Waals surface area (Å²) in [6, 6.07) is 57.2. The standard InChI is InChI=1S/C46H33N3/c1-46(2)39-28-33(30-19-21-32(22-20-30)45-44(31-12-4-3-5-13-31)47-43-18-10-11-27-48(43)45)23-25-35(39)36-26-24-34(29-40(36)46)49-41-16-8-6-14-37(41)38-15-7-9-17-42(38)49/h3-29H,1-2H3. The molecule has 0 N–H and O–H groups in total. The number of nitrogens with zero attached hydrogens (tertiary/aromatic N) is 3. The van der Waals surface area contributed by atoms with Crippen molar-refractivity contribution in [1.82, 2.24) is 14.0 Å². The molecular weight excluding hydrogens is 595 g/mol. The van der Waals surface area contributed by atoms with E-state index < -0.39 is 0 Å². The molecule has 0 radical (unpaired) electrons. The first-order chi connectivity index (χ1) is 24.1. The lowest BCUT2D eigenvalue weighted by atomic mass is 9.81. The van der Waals surface area contributed by atoms with Crippen molar-refractivity contribution in [3.05, 3.63) is 175 Å². The van der Waals surface area contributed by atoms with Gasteiger partial charge in [0.2, 0.25) is 0 Å². The molecule has 0 fully saturated rings. The molecule has 0 bridgehead atoms. The Hall–Kier alpha value is -6.19. The van der Waals surface area contributed by atoms with E-state index >= 15 is 0 Å². The number of fused-ring (bicyclic) bond motifs is 7. The Bertz CT molecular complexity index is 2670. The lowest BCUT2D eigenvalue weighted by molar-refractivity contribution is 0.660. The second-order valence-electron chi connectivity index (χ2n) is 13.7. The Kier molecular flexibility index (Phi) is 5.92. The molecule has 10 rings (SSSR count). The molecule has 3 nitrogen and oxygen atoms in total. The number of para-hydroxylation sites is 2. The van der Waals surface area contributed by atoms with Crippen LogP contribution in [0.2, 0.25) is 0 Å². The van der Waals surface area contributed by atoms with Crippen LogP contribution < -0.4 is 0 Å². The van der Waals surface area contributed by atoms with E-state index in [4.69, 9.17) is 4.98 Å². The molecule has 3 aromatic heterocycles. The molecular formula is C46H33N3. The Balaban J connectivity index is 1.04. The van der Waals surface area contributed by atoms with Gasteiger partial charge in [0, 0.05) is 39.2 Å². The van der Waals surface area contributed by atoms with Gasteiger partial charge in [-0.1, -0.05) is 129 Å². The Morgan fingerprint density at radius 3 is 1.82 bits per heavy atom. The van der Waals surface area contributed by atoms with Gasteiger partial charge in [0.05, 0.1) is 22.4 Å². The first-order valence-electron chi connectivity index (χ1n) is 17.0. The van der Waals surface area contributed by atoms with Crippen LogP contribution in [0, 0.1) is 0 Å². The molecule has 9 aromatic rings. The zero-order valence-electron chi connectivity index (χ0n) is 27.4. The summed E-state index contributed by atoms with van der Waals surface area (Å²) in [5.41, 5.74) is 16.7. The SMILES string of the molecule is CC1(C)c2cc(-c3ccc(-c4c(-c5ccccc5)nc5ccccn45)cc3)ccc2-c2ccc(-n3c4ccccc4c4ccccc43)cc21. The first kappa shape index (κ1) is 27.9. The molecule has 0 atom stereocenters. The Morgan fingerprint density at radius 1 is 0.490 bits per heavy atom. The maximum atomic E-state index is 5.03. The van der Waals surface area contributed by atoms with Crippen LogP contribution in [-0.4, -0.2) is 14.0 Å². The average Bonchev–Trinajstić information content (AvgIpc) is 3.78. The molecule has 0 unspecified atom stereocenters. The summed E-state index contributed by atoms with van der Waals surface area (Å²) in [7, 11) is 0. The van der Waals surface area contributed by atoms with E-state index in [2.05, 4.69) is 181 Å². The molecule has 3 heterocycles. The summed E-state index contributed by atoms with van der Waals surface area (Å²) >= 11 is 0. The summed E-state index contributed by atoms with van der Waals surface area (Å²) in [6.07, 6.45) is 2.10. The molecule has 0 amide bonds.